The van der Waals surface area contributed by atoms with Crippen LogP contribution in [0.2, 0.25) is 0 Å². The minimum absolute atomic E-state index is 0.0366. The molecule has 2 atom stereocenters. The molecule has 1 amide bonds. The second-order valence-electron chi connectivity index (χ2n) is 3.80. The zero-order valence-corrected chi connectivity index (χ0v) is 9.16. The summed E-state index contributed by atoms with van der Waals surface area (Å²) < 4.78 is 5.24. The Bertz CT molecular complexity index is 193. The van der Waals surface area contributed by atoms with Crippen molar-refractivity contribution in [2.75, 3.05) is 26.3 Å². The van der Waals surface area contributed by atoms with Gasteiger partial charge in [0.2, 0.25) is 5.91 Å². The molecule has 1 rings (SSSR count). The highest BCUT2D eigenvalue weighted by molar-refractivity contribution is 5.76. The maximum atomic E-state index is 11.4. The summed E-state index contributed by atoms with van der Waals surface area (Å²) in [4.78, 5) is 11.4. The predicted octanol–water partition coefficient (Wildman–Crippen LogP) is -0.748. The van der Waals surface area contributed by atoms with E-state index < -0.39 is 6.10 Å². The molecule has 1 heterocycles. The molecule has 0 saturated carbocycles. The van der Waals surface area contributed by atoms with Crippen molar-refractivity contribution in [3.05, 3.63) is 0 Å². The van der Waals surface area contributed by atoms with Gasteiger partial charge in [-0.25, -0.2) is 0 Å². The summed E-state index contributed by atoms with van der Waals surface area (Å²) in [5.74, 6) is -0.0366. The lowest BCUT2D eigenvalue weighted by molar-refractivity contribution is -0.122. The van der Waals surface area contributed by atoms with Crippen molar-refractivity contribution < 1.29 is 14.6 Å². The lowest BCUT2D eigenvalue weighted by Gasteiger charge is -2.23. The number of hydrogen-bond donors (Lipinski definition) is 3. The van der Waals surface area contributed by atoms with Crippen LogP contribution in [0.3, 0.4) is 0 Å². The highest BCUT2D eigenvalue weighted by atomic mass is 16.5. The predicted molar refractivity (Wildman–Crippen MR) is 56.5 cm³/mol. The van der Waals surface area contributed by atoms with Gasteiger partial charge in [0.15, 0.2) is 0 Å². The molecule has 15 heavy (non-hydrogen) atoms. The van der Waals surface area contributed by atoms with Crippen LogP contribution in [0.15, 0.2) is 0 Å². The monoisotopic (exact) mass is 216 g/mol. The van der Waals surface area contributed by atoms with E-state index in [1.165, 1.54) is 0 Å². The number of aliphatic hydroxyl groups is 1. The molecule has 5 heteroatoms. The molecule has 1 fully saturated rings. The SMILES string of the molecule is CCC(O)CNC(=O)CC1COCCN1. The molecule has 0 aromatic heterocycles. The molecule has 1 aliphatic heterocycles. The Balaban J connectivity index is 2.11. The third-order valence-electron chi connectivity index (χ3n) is 2.44. The first-order valence-corrected chi connectivity index (χ1v) is 5.48. The average Bonchev–Trinajstić information content (AvgIpc) is 2.27. The number of morpholine rings is 1. The third-order valence-corrected chi connectivity index (χ3v) is 2.44. The normalized spacial score (nSPS) is 23.5. The Morgan fingerprint density at radius 3 is 3.13 bits per heavy atom. The number of aliphatic hydroxyl groups excluding tert-OH is 1. The zero-order chi connectivity index (χ0) is 11.1. The molecule has 88 valence electrons. The smallest absolute Gasteiger partial charge is 0.221 e. The summed E-state index contributed by atoms with van der Waals surface area (Å²) in [6, 6.07) is 0.109. The van der Waals surface area contributed by atoms with Gasteiger partial charge in [0.05, 0.1) is 19.3 Å². The molecule has 2 unspecified atom stereocenters. The number of hydrogen-bond acceptors (Lipinski definition) is 4. The van der Waals surface area contributed by atoms with Crippen molar-refractivity contribution in [1.82, 2.24) is 10.6 Å². The topological polar surface area (TPSA) is 70.6 Å². The van der Waals surface area contributed by atoms with E-state index in [0.29, 0.717) is 32.6 Å². The van der Waals surface area contributed by atoms with E-state index >= 15 is 0 Å². The maximum absolute atomic E-state index is 11.4. The van der Waals surface area contributed by atoms with E-state index in [9.17, 15) is 9.90 Å². The van der Waals surface area contributed by atoms with Gasteiger partial charge < -0.3 is 20.5 Å². The number of nitrogens with one attached hydrogen (secondary N) is 2. The standard InChI is InChI=1S/C10H20N2O3/c1-2-9(13)6-12-10(14)5-8-7-15-4-3-11-8/h8-9,11,13H,2-7H2,1H3,(H,12,14). The molecule has 0 radical (unpaired) electrons. The van der Waals surface area contributed by atoms with Gasteiger partial charge in [-0.2, -0.15) is 0 Å². The number of ether oxygens (including phenoxy) is 1. The van der Waals surface area contributed by atoms with Gasteiger partial charge in [-0.1, -0.05) is 6.92 Å². The maximum Gasteiger partial charge on any atom is 0.221 e. The molecular weight excluding hydrogens is 196 g/mol. The molecule has 0 aliphatic carbocycles. The third kappa shape index (κ3) is 5.11. The van der Waals surface area contributed by atoms with E-state index in [4.69, 9.17) is 4.74 Å². The average molecular weight is 216 g/mol. The van der Waals surface area contributed by atoms with Gasteiger partial charge in [0.25, 0.3) is 0 Å². The summed E-state index contributed by atoms with van der Waals surface area (Å²) in [6.07, 6.45) is 0.631. The number of amides is 1. The van der Waals surface area contributed by atoms with Gasteiger partial charge in [0.1, 0.15) is 0 Å². The highest BCUT2D eigenvalue weighted by Crippen LogP contribution is 1.98. The minimum atomic E-state index is -0.440. The fourth-order valence-corrected chi connectivity index (χ4v) is 1.42. The van der Waals surface area contributed by atoms with Crippen molar-refractivity contribution in [3.8, 4) is 0 Å². The molecule has 0 aromatic rings. The molecule has 0 bridgehead atoms. The van der Waals surface area contributed by atoms with Crippen LogP contribution in [0.25, 0.3) is 0 Å². The second-order valence-corrected chi connectivity index (χ2v) is 3.80. The van der Waals surface area contributed by atoms with E-state index in [2.05, 4.69) is 10.6 Å². The molecule has 3 N–H and O–H groups in total. The number of carbonyl (C=O) groups is 1. The van der Waals surface area contributed by atoms with Crippen molar-refractivity contribution in [3.63, 3.8) is 0 Å². The summed E-state index contributed by atoms with van der Waals surface area (Å²) in [6.45, 7) is 4.32. The van der Waals surface area contributed by atoms with Crippen molar-refractivity contribution >= 4 is 5.91 Å². The van der Waals surface area contributed by atoms with Gasteiger partial charge in [-0.15, -0.1) is 0 Å². The molecule has 0 spiro atoms. The van der Waals surface area contributed by atoms with E-state index in [0.717, 1.165) is 6.54 Å². The molecule has 0 aromatic carbocycles. The van der Waals surface area contributed by atoms with E-state index in [1.54, 1.807) is 0 Å². The number of carbonyl (C=O) groups excluding carboxylic acids is 1. The van der Waals surface area contributed by atoms with Gasteiger partial charge in [0, 0.05) is 25.6 Å². The summed E-state index contributed by atoms with van der Waals surface area (Å²) >= 11 is 0. The molecule has 1 saturated heterocycles. The van der Waals surface area contributed by atoms with Crippen LogP contribution >= 0.6 is 0 Å². The van der Waals surface area contributed by atoms with Gasteiger partial charge in [-0.05, 0) is 6.42 Å². The Morgan fingerprint density at radius 1 is 1.73 bits per heavy atom. The van der Waals surface area contributed by atoms with Crippen LogP contribution < -0.4 is 10.6 Å². The van der Waals surface area contributed by atoms with Crippen LogP contribution in [0.4, 0.5) is 0 Å². The molecule has 1 aliphatic rings. The van der Waals surface area contributed by atoms with Crippen LogP contribution in [-0.2, 0) is 9.53 Å². The molecular formula is C10H20N2O3. The second kappa shape index (κ2) is 6.76. The Morgan fingerprint density at radius 2 is 2.53 bits per heavy atom. The Labute approximate surface area is 90.2 Å². The van der Waals surface area contributed by atoms with Gasteiger partial charge in [-0.3, -0.25) is 4.79 Å². The number of rotatable bonds is 5. The van der Waals surface area contributed by atoms with Crippen LogP contribution in [0.1, 0.15) is 19.8 Å². The van der Waals surface area contributed by atoms with Crippen molar-refractivity contribution in [1.29, 1.82) is 0 Å². The van der Waals surface area contributed by atoms with Crippen molar-refractivity contribution in [2.45, 2.75) is 31.9 Å². The Hall–Kier alpha value is -0.650. The highest BCUT2D eigenvalue weighted by Gasteiger charge is 2.16. The Kier molecular flexibility index (Phi) is 5.60. The van der Waals surface area contributed by atoms with Gasteiger partial charge >= 0.3 is 0 Å². The zero-order valence-electron chi connectivity index (χ0n) is 9.16. The van der Waals surface area contributed by atoms with Crippen LogP contribution in [-0.4, -0.2) is 49.5 Å². The summed E-state index contributed by atoms with van der Waals surface area (Å²) in [7, 11) is 0. The quantitative estimate of drug-likeness (QED) is 0.565. The van der Waals surface area contributed by atoms with Crippen molar-refractivity contribution in [2.24, 2.45) is 0 Å². The lowest BCUT2D eigenvalue weighted by atomic mass is 10.2. The molecule has 5 nitrogen and oxygen atoms in total. The lowest BCUT2D eigenvalue weighted by Crippen LogP contribution is -2.45. The first-order chi connectivity index (χ1) is 7.22. The minimum Gasteiger partial charge on any atom is -0.391 e. The summed E-state index contributed by atoms with van der Waals surface area (Å²) in [5, 5.41) is 15.2. The first-order valence-electron chi connectivity index (χ1n) is 5.48. The fourth-order valence-electron chi connectivity index (χ4n) is 1.42. The summed E-state index contributed by atoms with van der Waals surface area (Å²) in [5.41, 5.74) is 0. The largest absolute Gasteiger partial charge is 0.391 e. The van der Waals surface area contributed by atoms with Crippen LogP contribution in [0, 0.1) is 0 Å². The van der Waals surface area contributed by atoms with E-state index in [-0.39, 0.29) is 11.9 Å². The fraction of sp³-hybridized carbons (Fsp3) is 0.900. The first kappa shape index (κ1) is 12.4. The van der Waals surface area contributed by atoms with E-state index in [1.807, 2.05) is 6.92 Å². The van der Waals surface area contributed by atoms with Crippen LogP contribution in [0.5, 0.6) is 0 Å².